The first kappa shape index (κ1) is 14.6. The molecular weight excluding hydrogens is 322 g/mol. The van der Waals surface area contributed by atoms with E-state index in [-0.39, 0.29) is 0 Å². The van der Waals surface area contributed by atoms with Crippen LogP contribution in [-0.4, -0.2) is 6.54 Å². The van der Waals surface area contributed by atoms with Crippen molar-refractivity contribution in [2.45, 2.75) is 26.5 Å². The zero-order valence-electron chi connectivity index (χ0n) is 11.2. The van der Waals surface area contributed by atoms with E-state index in [4.69, 9.17) is 4.74 Å². The van der Waals surface area contributed by atoms with E-state index in [0.29, 0.717) is 12.6 Å². The molecule has 0 saturated carbocycles. The topological polar surface area (TPSA) is 21.3 Å². The highest BCUT2D eigenvalue weighted by Gasteiger charge is 2.08. The molecule has 2 rings (SSSR count). The molecule has 2 aromatic rings. The van der Waals surface area contributed by atoms with Crippen LogP contribution in [0.4, 0.5) is 0 Å². The van der Waals surface area contributed by atoms with E-state index in [2.05, 4.69) is 58.7 Å². The summed E-state index contributed by atoms with van der Waals surface area (Å²) in [5.74, 6) is 0.890. The summed E-state index contributed by atoms with van der Waals surface area (Å²) in [4.78, 5) is 1.23. The van der Waals surface area contributed by atoms with Gasteiger partial charge in [-0.2, -0.15) is 0 Å². The molecule has 1 N–H and O–H groups in total. The van der Waals surface area contributed by atoms with Crippen LogP contribution in [0.15, 0.2) is 40.2 Å². The third-order valence-electron chi connectivity index (χ3n) is 2.92. The number of thiophene rings is 1. The minimum absolute atomic E-state index is 0.354. The van der Waals surface area contributed by atoms with Crippen molar-refractivity contribution in [3.8, 4) is 5.75 Å². The molecule has 1 aromatic heterocycles. The van der Waals surface area contributed by atoms with E-state index < -0.39 is 0 Å². The summed E-state index contributed by atoms with van der Waals surface area (Å²) in [6.07, 6.45) is 0. The van der Waals surface area contributed by atoms with Gasteiger partial charge in [0.05, 0.1) is 4.47 Å². The number of nitrogens with one attached hydrogen (secondary N) is 1. The maximum Gasteiger partial charge on any atom is 0.134 e. The predicted octanol–water partition coefficient (Wildman–Crippen LogP) is 4.76. The van der Waals surface area contributed by atoms with Crippen molar-refractivity contribution >= 4 is 27.3 Å². The Balaban J connectivity index is 2.02. The molecule has 0 bridgehead atoms. The van der Waals surface area contributed by atoms with Gasteiger partial charge in [0.15, 0.2) is 0 Å². The van der Waals surface area contributed by atoms with Gasteiger partial charge in [-0.15, -0.1) is 11.3 Å². The molecule has 4 heteroatoms. The predicted molar refractivity (Wildman–Crippen MR) is 84.9 cm³/mol. The Morgan fingerprint density at radius 3 is 2.84 bits per heavy atom. The van der Waals surface area contributed by atoms with Gasteiger partial charge in [0.1, 0.15) is 12.4 Å². The maximum atomic E-state index is 5.82. The van der Waals surface area contributed by atoms with Crippen molar-refractivity contribution in [1.82, 2.24) is 5.32 Å². The average Bonchev–Trinajstić information content (AvgIpc) is 2.90. The number of hydrogen-bond acceptors (Lipinski definition) is 3. The molecule has 2 nitrogen and oxygen atoms in total. The summed E-state index contributed by atoms with van der Waals surface area (Å²) in [6, 6.07) is 10.7. The van der Waals surface area contributed by atoms with E-state index in [0.717, 1.165) is 16.8 Å². The lowest BCUT2D eigenvalue weighted by Crippen LogP contribution is -2.17. The third kappa shape index (κ3) is 4.06. The molecule has 0 saturated heterocycles. The average molecular weight is 340 g/mol. The van der Waals surface area contributed by atoms with E-state index in [1.807, 2.05) is 12.1 Å². The van der Waals surface area contributed by atoms with Crippen LogP contribution in [-0.2, 0) is 6.61 Å². The highest BCUT2D eigenvalue weighted by Crippen LogP contribution is 2.29. The largest absolute Gasteiger partial charge is 0.487 e. The number of hydrogen-bond donors (Lipinski definition) is 1. The second-order valence-electron chi connectivity index (χ2n) is 4.34. The number of benzene rings is 1. The van der Waals surface area contributed by atoms with Crippen molar-refractivity contribution in [3.63, 3.8) is 0 Å². The molecule has 0 fully saturated rings. The molecule has 0 aliphatic rings. The summed E-state index contributed by atoms with van der Waals surface area (Å²) < 4.78 is 6.82. The Kier molecular flexibility index (Phi) is 5.43. The highest BCUT2D eigenvalue weighted by molar-refractivity contribution is 9.10. The molecule has 19 heavy (non-hydrogen) atoms. The second kappa shape index (κ2) is 7.08. The zero-order valence-corrected chi connectivity index (χ0v) is 13.6. The van der Waals surface area contributed by atoms with Gasteiger partial charge in [-0.05, 0) is 58.5 Å². The van der Waals surface area contributed by atoms with Crippen molar-refractivity contribution in [2.75, 3.05) is 6.54 Å². The van der Waals surface area contributed by atoms with Gasteiger partial charge >= 0.3 is 0 Å². The lowest BCUT2D eigenvalue weighted by Gasteiger charge is -2.14. The molecule has 1 aromatic carbocycles. The van der Waals surface area contributed by atoms with E-state index in [9.17, 15) is 0 Å². The van der Waals surface area contributed by atoms with Crippen LogP contribution in [0.2, 0.25) is 0 Å². The molecule has 0 aliphatic carbocycles. The minimum Gasteiger partial charge on any atom is -0.487 e. The summed E-state index contributed by atoms with van der Waals surface area (Å²) in [5, 5.41) is 5.47. The molecule has 1 heterocycles. The smallest absolute Gasteiger partial charge is 0.134 e. The second-order valence-corrected chi connectivity index (χ2v) is 6.22. The molecule has 1 atom stereocenters. The quantitative estimate of drug-likeness (QED) is 0.819. The van der Waals surface area contributed by atoms with Gasteiger partial charge in [0.25, 0.3) is 0 Å². The Morgan fingerprint density at radius 2 is 2.21 bits per heavy atom. The summed E-state index contributed by atoms with van der Waals surface area (Å²) in [6.45, 7) is 5.87. The lowest BCUT2D eigenvalue weighted by atomic mass is 10.1. The van der Waals surface area contributed by atoms with Crippen molar-refractivity contribution in [3.05, 3.63) is 50.6 Å². The summed E-state index contributed by atoms with van der Waals surface area (Å²) in [5.41, 5.74) is 1.26. The van der Waals surface area contributed by atoms with Crippen LogP contribution >= 0.6 is 27.3 Å². The molecule has 1 unspecified atom stereocenters. The molecule has 0 spiro atoms. The Labute approximate surface area is 126 Å². The minimum atomic E-state index is 0.354. The van der Waals surface area contributed by atoms with E-state index >= 15 is 0 Å². The first-order valence-corrected chi connectivity index (χ1v) is 8.06. The highest BCUT2D eigenvalue weighted by atomic mass is 79.9. The van der Waals surface area contributed by atoms with E-state index in [1.54, 1.807) is 11.3 Å². The molecule has 0 amide bonds. The molecular formula is C15H18BrNOS. The summed E-state index contributed by atoms with van der Waals surface area (Å²) >= 11 is 5.29. The number of rotatable bonds is 6. The van der Waals surface area contributed by atoms with Crippen molar-refractivity contribution in [1.29, 1.82) is 0 Å². The Bertz CT molecular complexity index is 513. The van der Waals surface area contributed by atoms with Crippen LogP contribution in [0.5, 0.6) is 5.75 Å². The first-order valence-electron chi connectivity index (χ1n) is 6.38. The summed E-state index contributed by atoms with van der Waals surface area (Å²) in [7, 11) is 0. The van der Waals surface area contributed by atoms with Crippen molar-refractivity contribution < 1.29 is 4.74 Å². The van der Waals surface area contributed by atoms with Gasteiger partial charge < -0.3 is 10.1 Å². The van der Waals surface area contributed by atoms with Crippen LogP contribution in [0, 0.1) is 0 Å². The van der Waals surface area contributed by atoms with Crippen LogP contribution < -0.4 is 10.1 Å². The Morgan fingerprint density at radius 1 is 1.37 bits per heavy atom. The standard InChI is InChI=1S/C15H18BrNOS/c1-3-17-11(2)12-6-7-15(14(16)9-12)18-10-13-5-4-8-19-13/h4-9,11,17H,3,10H2,1-2H3. The maximum absolute atomic E-state index is 5.82. The van der Waals surface area contributed by atoms with Gasteiger partial charge in [-0.25, -0.2) is 0 Å². The molecule has 0 aliphatic heterocycles. The normalized spacial score (nSPS) is 12.4. The molecule has 102 valence electrons. The zero-order chi connectivity index (χ0) is 13.7. The number of halogens is 1. The fraction of sp³-hybridized carbons (Fsp3) is 0.333. The lowest BCUT2D eigenvalue weighted by molar-refractivity contribution is 0.307. The van der Waals surface area contributed by atoms with Crippen molar-refractivity contribution in [2.24, 2.45) is 0 Å². The van der Waals surface area contributed by atoms with Crippen LogP contribution in [0.3, 0.4) is 0 Å². The van der Waals surface area contributed by atoms with Gasteiger partial charge in [0, 0.05) is 10.9 Å². The van der Waals surface area contributed by atoms with Crippen LogP contribution in [0.1, 0.15) is 30.3 Å². The van der Waals surface area contributed by atoms with Gasteiger partial charge in [0.2, 0.25) is 0 Å². The third-order valence-corrected chi connectivity index (χ3v) is 4.39. The van der Waals surface area contributed by atoms with Gasteiger partial charge in [-0.1, -0.05) is 19.1 Å². The fourth-order valence-electron chi connectivity index (χ4n) is 1.87. The molecule has 0 radical (unpaired) electrons. The Hall–Kier alpha value is -0.840. The monoisotopic (exact) mass is 339 g/mol. The fourth-order valence-corrected chi connectivity index (χ4v) is 3.00. The SMILES string of the molecule is CCNC(C)c1ccc(OCc2cccs2)c(Br)c1. The van der Waals surface area contributed by atoms with E-state index in [1.165, 1.54) is 10.4 Å². The first-order chi connectivity index (χ1) is 9.20. The van der Waals surface area contributed by atoms with Gasteiger partial charge in [-0.3, -0.25) is 0 Å². The van der Waals surface area contributed by atoms with Crippen LogP contribution in [0.25, 0.3) is 0 Å². The number of ether oxygens (including phenoxy) is 1.